The Bertz CT molecular complexity index is 2010. The first-order valence-corrected chi connectivity index (χ1v) is 15.1. The van der Waals surface area contributed by atoms with E-state index in [1.165, 1.54) is 30.5 Å². The molecule has 2 bridgehead atoms. The molecular weight excluding hydrogens is 569 g/mol. The highest BCUT2D eigenvalue weighted by atomic mass is 19.1. The number of aryl methyl sites for hydroxylation is 1. The predicted molar refractivity (Wildman–Crippen MR) is 162 cm³/mol. The molecule has 2 N–H and O–H groups in total. The van der Waals surface area contributed by atoms with Crippen LogP contribution in [0.5, 0.6) is 11.8 Å². The number of fused-ring (bicyclic) bond motifs is 6. The second-order valence-corrected chi connectivity index (χ2v) is 12.1. The molecule has 0 saturated carbocycles. The van der Waals surface area contributed by atoms with Crippen LogP contribution < -0.4 is 15.0 Å². The third kappa shape index (κ3) is 4.38. The molecule has 5 aliphatic rings. The lowest BCUT2D eigenvalue weighted by Crippen LogP contribution is -2.61. The zero-order valence-electron chi connectivity index (χ0n) is 29.1. The maximum Gasteiger partial charge on any atom is 0.319 e. The van der Waals surface area contributed by atoms with Gasteiger partial charge in [-0.05, 0) is 73.1 Å². The maximum atomic E-state index is 17.0. The highest BCUT2D eigenvalue weighted by Gasteiger charge is 2.49. The van der Waals surface area contributed by atoms with Gasteiger partial charge in [-0.2, -0.15) is 9.97 Å². The Hall–Kier alpha value is -3.70. The Morgan fingerprint density at radius 2 is 2.14 bits per heavy atom. The first kappa shape index (κ1) is 22.8. The van der Waals surface area contributed by atoms with Crippen molar-refractivity contribution >= 4 is 27.5 Å². The van der Waals surface area contributed by atoms with E-state index in [0.29, 0.717) is 29.4 Å². The van der Waals surface area contributed by atoms with Crippen molar-refractivity contribution in [1.82, 2.24) is 25.2 Å². The number of rotatable bonds is 6. The van der Waals surface area contributed by atoms with Crippen LogP contribution in [0.25, 0.3) is 32.9 Å². The fourth-order valence-corrected chi connectivity index (χ4v) is 7.38. The quantitative estimate of drug-likeness (QED) is 0.305. The minimum Gasteiger partial charge on any atom is -0.508 e. The molecule has 4 aromatic rings. The summed E-state index contributed by atoms with van der Waals surface area (Å²) < 4.78 is 96.1. The molecule has 8 nitrogen and oxygen atoms in total. The van der Waals surface area contributed by atoms with Crippen LogP contribution in [0.3, 0.4) is 0 Å². The van der Waals surface area contributed by atoms with Gasteiger partial charge in [-0.1, -0.05) is 13.0 Å². The molecule has 0 spiro atoms. The molecule has 0 aliphatic carbocycles. The molecule has 5 saturated heterocycles. The molecular formula is C33H35F3N6O2. The van der Waals surface area contributed by atoms with Crippen LogP contribution in [0.1, 0.15) is 51.4 Å². The average Bonchev–Trinajstić information content (AvgIpc) is 3.50. The fourth-order valence-electron chi connectivity index (χ4n) is 7.38. The molecule has 0 amide bonds. The van der Waals surface area contributed by atoms with Gasteiger partial charge in [0.1, 0.15) is 41.3 Å². The van der Waals surface area contributed by atoms with Crippen molar-refractivity contribution < 1.29 is 29.9 Å². The number of piperidine rings is 2. The Labute approximate surface area is 260 Å². The predicted octanol–water partition coefficient (Wildman–Crippen LogP) is 5.29. The number of nitrogens with zero attached hydrogens (tertiary/aromatic N) is 5. The summed E-state index contributed by atoms with van der Waals surface area (Å²) >= 11 is 0. The summed E-state index contributed by atoms with van der Waals surface area (Å²) in [5.74, 6) is -1.31. The van der Waals surface area contributed by atoms with Crippen LogP contribution in [0, 0.1) is 11.6 Å². The number of phenolic OH excluding ortho intramolecular Hbond substituents is 1. The number of piperazine rings is 1. The third-order valence-electron chi connectivity index (χ3n) is 9.53. The minimum atomic E-state index is -2.79. The van der Waals surface area contributed by atoms with Gasteiger partial charge in [0.05, 0.1) is 15.0 Å². The molecule has 2 unspecified atom stereocenters. The summed E-state index contributed by atoms with van der Waals surface area (Å²) in [5.41, 5.74) is -1.84. The number of alkyl halides is 1. The van der Waals surface area contributed by atoms with Gasteiger partial charge < -0.3 is 20.1 Å². The van der Waals surface area contributed by atoms with E-state index in [-0.39, 0.29) is 65.1 Å². The summed E-state index contributed by atoms with van der Waals surface area (Å²) in [4.78, 5) is 16.5. The lowest BCUT2D eigenvalue weighted by Gasteiger charge is -2.46. The van der Waals surface area contributed by atoms with Gasteiger partial charge in [0.2, 0.25) is 0 Å². The lowest BCUT2D eigenvalue weighted by atomic mass is 9.92. The monoisotopic (exact) mass is 609 g/mol. The largest absolute Gasteiger partial charge is 0.508 e. The van der Waals surface area contributed by atoms with Crippen molar-refractivity contribution in [3.05, 3.63) is 47.7 Å². The Morgan fingerprint density at radius 1 is 1.25 bits per heavy atom. The number of pyridine rings is 1. The number of nitrogens with one attached hydrogen (secondary N) is 1. The molecule has 9 rings (SSSR count). The Morgan fingerprint density at radius 3 is 2.91 bits per heavy atom. The van der Waals surface area contributed by atoms with Crippen molar-refractivity contribution in [1.29, 1.82) is 0 Å². The number of ether oxygens (including phenoxy) is 1. The van der Waals surface area contributed by atoms with E-state index < -0.39 is 55.4 Å². The number of halogens is 3. The standard InChI is InChI=1S/C33H35F3N6O2/c1-2-23-26(35)7-4-18-10-22(43)11-24(27(18)23)29-28(36)30-25(14-38-29)31(42-16-20-5-6-21(42)13-37-20)40-32(39-30)44-17-33-8-3-9-41(33)15-19(34)12-33/h4,7,10-11,14,19-21,37,43H,2-3,5-6,8-9,12-13,15-17H2,1H3/t19-,20?,21?,33+/m1/s1/i9D2,17D2,19D. The van der Waals surface area contributed by atoms with Crippen LogP contribution >= 0.6 is 0 Å². The first-order valence-electron chi connectivity index (χ1n) is 17.6. The number of hydrogen-bond acceptors (Lipinski definition) is 8. The first-order chi connectivity index (χ1) is 23.1. The van der Waals surface area contributed by atoms with Gasteiger partial charge in [0.25, 0.3) is 0 Å². The van der Waals surface area contributed by atoms with Gasteiger partial charge in [0, 0.05) is 52.6 Å². The zero-order chi connectivity index (χ0) is 34.7. The van der Waals surface area contributed by atoms with Gasteiger partial charge >= 0.3 is 6.01 Å². The van der Waals surface area contributed by atoms with Crippen LogP contribution in [-0.4, -0.2) is 81.4 Å². The van der Waals surface area contributed by atoms with Crippen molar-refractivity contribution in [3.8, 4) is 23.0 Å². The third-order valence-corrected chi connectivity index (χ3v) is 9.53. The second kappa shape index (κ2) is 10.4. The topological polar surface area (TPSA) is 86.6 Å². The fraction of sp³-hybridized carbons (Fsp3) is 0.485. The molecule has 230 valence electrons. The SMILES string of the molecule is [2H]C1([2H])CC[C@@]2(C([2H])([2H])Oc3nc(N4CC5CCC4CN5)c4cnc(-c5cc(O)cc6ccc(F)c(CC)c56)c(F)c4n3)C[C@@]([2H])(F)CN12. The number of phenols is 1. The van der Waals surface area contributed by atoms with Crippen molar-refractivity contribution in [3.63, 3.8) is 0 Å². The summed E-state index contributed by atoms with van der Waals surface area (Å²) in [5, 5.41) is 15.2. The number of aromatic hydroxyl groups is 1. The van der Waals surface area contributed by atoms with Crippen LogP contribution in [0.15, 0.2) is 30.5 Å². The van der Waals surface area contributed by atoms with E-state index in [2.05, 4.69) is 20.3 Å². The van der Waals surface area contributed by atoms with Crippen LogP contribution in [-0.2, 0) is 6.42 Å². The van der Waals surface area contributed by atoms with Crippen LogP contribution in [0.4, 0.5) is 19.0 Å². The van der Waals surface area contributed by atoms with Gasteiger partial charge in [-0.3, -0.25) is 9.88 Å². The van der Waals surface area contributed by atoms with Crippen LogP contribution in [0.2, 0.25) is 0 Å². The molecule has 5 aliphatic heterocycles. The normalized spacial score (nSPS) is 31.5. The summed E-state index contributed by atoms with van der Waals surface area (Å²) in [6, 6.07) is 5.16. The number of aromatic nitrogens is 3. The number of anilines is 1. The summed E-state index contributed by atoms with van der Waals surface area (Å²) in [6.07, 6.45) is 0.000586. The van der Waals surface area contributed by atoms with Crippen molar-refractivity contribution in [2.75, 3.05) is 37.6 Å². The summed E-state index contributed by atoms with van der Waals surface area (Å²) in [7, 11) is 0. The van der Waals surface area contributed by atoms with E-state index in [0.717, 1.165) is 17.7 Å². The van der Waals surface area contributed by atoms with E-state index in [4.69, 9.17) is 11.6 Å². The molecule has 5 fully saturated rings. The molecule has 7 heterocycles. The van der Waals surface area contributed by atoms with E-state index >= 15 is 13.2 Å². The average molecular weight is 610 g/mol. The molecule has 44 heavy (non-hydrogen) atoms. The van der Waals surface area contributed by atoms with E-state index in [9.17, 15) is 5.11 Å². The highest BCUT2D eigenvalue weighted by Crippen LogP contribution is 2.42. The molecule has 11 heteroatoms. The van der Waals surface area contributed by atoms with E-state index in [1.54, 1.807) is 6.92 Å². The lowest BCUT2D eigenvalue weighted by molar-refractivity contribution is 0.107. The molecule has 2 aromatic heterocycles. The highest BCUT2D eigenvalue weighted by molar-refractivity contribution is 6.01. The Kier molecular flexibility index (Phi) is 5.40. The Balaban J connectivity index is 1.31. The van der Waals surface area contributed by atoms with Gasteiger partial charge in [0.15, 0.2) is 5.82 Å². The minimum absolute atomic E-state index is 0.0120. The smallest absolute Gasteiger partial charge is 0.319 e. The molecule has 4 atom stereocenters. The second-order valence-electron chi connectivity index (χ2n) is 12.1. The van der Waals surface area contributed by atoms with Gasteiger partial charge in [-0.25, -0.2) is 13.2 Å². The van der Waals surface area contributed by atoms with Crippen molar-refractivity contribution in [2.24, 2.45) is 0 Å². The van der Waals surface area contributed by atoms with E-state index in [1.807, 2.05) is 4.90 Å². The molecule has 2 aromatic carbocycles. The maximum absolute atomic E-state index is 17.0. The van der Waals surface area contributed by atoms with Gasteiger partial charge in [-0.15, -0.1) is 0 Å². The number of hydrogen-bond donors (Lipinski definition) is 2. The zero-order valence-corrected chi connectivity index (χ0v) is 24.1. The summed E-state index contributed by atoms with van der Waals surface area (Å²) in [6.45, 7) is -2.56. The number of benzene rings is 2. The van der Waals surface area contributed by atoms with Crippen molar-refractivity contribution in [2.45, 2.75) is 69.2 Å². The molecule has 0 radical (unpaired) electrons.